The fourth-order valence-electron chi connectivity index (χ4n) is 2.61. The van der Waals surface area contributed by atoms with Crippen molar-refractivity contribution in [3.8, 4) is 0 Å². The molecule has 3 rings (SSSR count). The number of aromatic nitrogens is 2. The molecule has 0 spiro atoms. The van der Waals surface area contributed by atoms with Gasteiger partial charge in [0.1, 0.15) is 17.1 Å². The molecule has 1 amide bonds. The summed E-state index contributed by atoms with van der Waals surface area (Å²) in [6.07, 6.45) is 4.25. The number of amides is 1. The first-order chi connectivity index (χ1) is 10.1. The van der Waals surface area contributed by atoms with Crippen LogP contribution in [0.25, 0.3) is 0 Å². The molecule has 0 aromatic carbocycles. The standard InChI is InChI=1S/C15H18N4O2/c1-10-14(11(2)21-18-10)15(20)17-13-6-5-12(9-16-13)19-7-3-4-8-19/h5-6,9H,3-4,7-8H2,1-2H3,(H,16,17,20). The van der Waals surface area contributed by atoms with Gasteiger partial charge in [-0.2, -0.15) is 0 Å². The normalized spacial score (nSPS) is 14.5. The molecule has 6 nitrogen and oxygen atoms in total. The third-order valence-electron chi connectivity index (χ3n) is 3.72. The molecule has 0 aliphatic carbocycles. The fourth-order valence-corrected chi connectivity index (χ4v) is 2.61. The highest BCUT2D eigenvalue weighted by molar-refractivity contribution is 6.05. The molecule has 0 radical (unpaired) electrons. The lowest BCUT2D eigenvalue weighted by atomic mass is 10.2. The van der Waals surface area contributed by atoms with E-state index in [1.807, 2.05) is 12.1 Å². The minimum atomic E-state index is -0.243. The number of nitrogens with one attached hydrogen (secondary N) is 1. The predicted octanol–water partition coefficient (Wildman–Crippen LogP) is 2.54. The van der Waals surface area contributed by atoms with E-state index >= 15 is 0 Å². The predicted molar refractivity (Wildman–Crippen MR) is 79.6 cm³/mol. The molecule has 21 heavy (non-hydrogen) atoms. The Morgan fingerprint density at radius 1 is 1.29 bits per heavy atom. The smallest absolute Gasteiger partial charge is 0.262 e. The molecule has 0 bridgehead atoms. The van der Waals surface area contributed by atoms with E-state index in [4.69, 9.17) is 4.52 Å². The molecule has 1 aliphatic heterocycles. The molecule has 1 saturated heterocycles. The lowest BCUT2D eigenvalue weighted by molar-refractivity contribution is 0.102. The number of anilines is 2. The van der Waals surface area contributed by atoms with Crippen LogP contribution < -0.4 is 10.2 Å². The summed E-state index contributed by atoms with van der Waals surface area (Å²) in [5, 5.41) is 6.56. The molecule has 3 heterocycles. The van der Waals surface area contributed by atoms with E-state index in [0.717, 1.165) is 18.8 Å². The second kappa shape index (κ2) is 5.55. The lowest BCUT2D eigenvalue weighted by Gasteiger charge is -2.17. The van der Waals surface area contributed by atoms with Gasteiger partial charge in [0.25, 0.3) is 5.91 Å². The number of aryl methyl sites for hydroxylation is 2. The Morgan fingerprint density at radius 2 is 2.05 bits per heavy atom. The molecule has 0 saturated carbocycles. The molecule has 2 aromatic rings. The minimum absolute atomic E-state index is 0.243. The zero-order valence-electron chi connectivity index (χ0n) is 12.2. The number of hydrogen-bond donors (Lipinski definition) is 1. The highest BCUT2D eigenvalue weighted by Gasteiger charge is 2.18. The van der Waals surface area contributed by atoms with E-state index in [2.05, 4.69) is 20.4 Å². The number of rotatable bonds is 3. The first-order valence-corrected chi connectivity index (χ1v) is 7.10. The molecule has 6 heteroatoms. The Morgan fingerprint density at radius 3 is 2.62 bits per heavy atom. The zero-order valence-corrected chi connectivity index (χ0v) is 12.2. The average Bonchev–Trinajstić information content (AvgIpc) is 3.10. The average molecular weight is 286 g/mol. The topological polar surface area (TPSA) is 71.3 Å². The van der Waals surface area contributed by atoms with Crippen molar-refractivity contribution in [1.29, 1.82) is 0 Å². The van der Waals surface area contributed by atoms with Crippen LogP contribution in [0.5, 0.6) is 0 Å². The van der Waals surface area contributed by atoms with E-state index in [-0.39, 0.29) is 5.91 Å². The van der Waals surface area contributed by atoms with Crippen LogP contribution in [0.2, 0.25) is 0 Å². The first kappa shape index (κ1) is 13.6. The second-order valence-corrected chi connectivity index (χ2v) is 5.25. The van der Waals surface area contributed by atoms with Crippen LogP contribution in [0, 0.1) is 13.8 Å². The van der Waals surface area contributed by atoms with Crippen molar-refractivity contribution in [3.05, 3.63) is 35.3 Å². The molecule has 0 atom stereocenters. The quantitative estimate of drug-likeness (QED) is 0.938. The number of carbonyl (C=O) groups excluding carboxylic acids is 1. The van der Waals surface area contributed by atoms with Gasteiger partial charge < -0.3 is 14.7 Å². The summed E-state index contributed by atoms with van der Waals surface area (Å²) in [5.41, 5.74) is 2.15. The van der Waals surface area contributed by atoms with Crippen LogP contribution in [-0.2, 0) is 0 Å². The summed E-state index contributed by atoms with van der Waals surface area (Å²) in [5.74, 6) is 0.800. The summed E-state index contributed by atoms with van der Waals surface area (Å²) in [6, 6.07) is 3.81. The van der Waals surface area contributed by atoms with Gasteiger partial charge in [-0.25, -0.2) is 4.98 Å². The van der Waals surface area contributed by atoms with Gasteiger partial charge in [-0.3, -0.25) is 4.79 Å². The van der Waals surface area contributed by atoms with Crippen LogP contribution in [-0.4, -0.2) is 29.1 Å². The van der Waals surface area contributed by atoms with E-state index in [1.165, 1.54) is 12.8 Å². The summed E-state index contributed by atoms with van der Waals surface area (Å²) >= 11 is 0. The summed E-state index contributed by atoms with van der Waals surface area (Å²) in [4.78, 5) is 18.8. The third kappa shape index (κ3) is 2.74. The van der Waals surface area contributed by atoms with Crippen molar-refractivity contribution in [3.63, 3.8) is 0 Å². The maximum absolute atomic E-state index is 12.2. The lowest BCUT2D eigenvalue weighted by Crippen LogP contribution is -2.18. The first-order valence-electron chi connectivity index (χ1n) is 7.10. The van der Waals surface area contributed by atoms with Crippen LogP contribution in [0.1, 0.15) is 34.7 Å². The van der Waals surface area contributed by atoms with Crippen molar-refractivity contribution in [1.82, 2.24) is 10.1 Å². The van der Waals surface area contributed by atoms with Gasteiger partial charge in [-0.05, 0) is 38.8 Å². The number of hydrogen-bond acceptors (Lipinski definition) is 5. The van der Waals surface area contributed by atoms with Crippen LogP contribution in [0.3, 0.4) is 0 Å². The Labute approximate surface area is 123 Å². The van der Waals surface area contributed by atoms with Crippen LogP contribution in [0.4, 0.5) is 11.5 Å². The molecular formula is C15H18N4O2. The van der Waals surface area contributed by atoms with Gasteiger partial charge in [0.15, 0.2) is 0 Å². The molecule has 1 aliphatic rings. The summed E-state index contributed by atoms with van der Waals surface area (Å²) < 4.78 is 5.00. The zero-order chi connectivity index (χ0) is 14.8. The van der Waals surface area contributed by atoms with Gasteiger partial charge in [-0.15, -0.1) is 0 Å². The Bertz CT molecular complexity index is 623. The number of pyridine rings is 1. The van der Waals surface area contributed by atoms with Crippen molar-refractivity contribution in [2.75, 3.05) is 23.3 Å². The Kier molecular flexibility index (Phi) is 3.60. The van der Waals surface area contributed by atoms with Gasteiger partial charge in [0, 0.05) is 13.1 Å². The minimum Gasteiger partial charge on any atom is -0.370 e. The van der Waals surface area contributed by atoms with E-state index in [0.29, 0.717) is 22.8 Å². The highest BCUT2D eigenvalue weighted by atomic mass is 16.5. The van der Waals surface area contributed by atoms with Crippen molar-refractivity contribution in [2.24, 2.45) is 0 Å². The highest BCUT2D eigenvalue weighted by Crippen LogP contribution is 2.21. The van der Waals surface area contributed by atoms with Crippen LogP contribution in [0.15, 0.2) is 22.9 Å². The summed E-state index contributed by atoms with van der Waals surface area (Å²) in [7, 11) is 0. The number of nitrogens with zero attached hydrogens (tertiary/aromatic N) is 3. The van der Waals surface area contributed by atoms with E-state index in [9.17, 15) is 4.79 Å². The molecule has 2 aromatic heterocycles. The maximum atomic E-state index is 12.2. The monoisotopic (exact) mass is 286 g/mol. The SMILES string of the molecule is Cc1noc(C)c1C(=O)Nc1ccc(N2CCCC2)cn1. The van der Waals surface area contributed by atoms with Crippen molar-refractivity contribution >= 4 is 17.4 Å². The van der Waals surface area contributed by atoms with E-state index < -0.39 is 0 Å². The Balaban J connectivity index is 1.72. The van der Waals surface area contributed by atoms with Crippen molar-refractivity contribution in [2.45, 2.75) is 26.7 Å². The summed E-state index contributed by atoms with van der Waals surface area (Å²) in [6.45, 7) is 5.62. The fraction of sp³-hybridized carbons (Fsp3) is 0.400. The van der Waals surface area contributed by atoms with Gasteiger partial charge in [-0.1, -0.05) is 5.16 Å². The van der Waals surface area contributed by atoms with Gasteiger partial charge in [0.05, 0.1) is 17.6 Å². The Hall–Kier alpha value is -2.37. The largest absolute Gasteiger partial charge is 0.370 e. The van der Waals surface area contributed by atoms with E-state index in [1.54, 1.807) is 20.0 Å². The van der Waals surface area contributed by atoms with Crippen molar-refractivity contribution < 1.29 is 9.32 Å². The molecule has 1 N–H and O–H groups in total. The molecular weight excluding hydrogens is 268 g/mol. The van der Waals surface area contributed by atoms with Gasteiger partial charge >= 0.3 is 0 Å². The third-order valence-corrected chi connectivity index (χ3v) is 3.72. The molecule has 110 valence electrons. The molecule has 0 unspecified atom stereocenters. The maximum Gasteiger partial charge on any atom is 0.262 e. The number of carbonyl (C=O) groups is 1. The second-order valence-electron chi connectivity index (χ2n) is 5.25. The van der Waals surface area contributed by atoms with Crippen LogP contribution >= 0.6 is 0 Å². The molecule has 1 fully saturated rings. The van der Waals surface area contributed by atoms with Gasteiger partial charge in [0.2, 0.25) is 0 Å².